The Morgan fingerprint density at radius 3 is 1.15 bits per heavy atom. The number of hydrogen-bond acceptors (Lipinski definition) is 4. The molecule has 0 aromatic heterocycles. The molecule has 0 spiro atoms. The summed E-state index contributed by atoms with van der Waals surface area (Å²) in [5.41, 5.74) is -1.20. The van der Waals surface area contributed by atoms with Gasteiger partial charge in [-0.15, -0.1) is 0 Å². The highest BCUT2D eigenvalue weighted by Crippen LogP contribution is 2.17. The summed E-state index contributed by atoms with van der Waals surface area (Å²) < 4.78 is 0. The number of carboxylic acids is 1. The molecule has 0 heterocycles. The molecule has 33 heavy (non-hydrogen) atoms. The maximum atomic E-state index is 11.6. The molecule has 0 aliphatic carbocycles. The van der Waals surface area contributed by atoms with Crippen LogP contribution >= 0.6 is 0 Å². The zero-order valence-corrected chi connectivity index (χ0v) is 21.9. The lowest BCUT2D eigenvalue weighted by atomic mass is 9.91. The van der Waals surface area contributed by atoms with E-state index in [0.717, 1.165) is 12.8 Å². The van der Waals surface area contributed by atoms with Crippen molar-refractivity contribution in [1.82, 2.24) is 5.32 Å². The summed E-state index contributed by atoms with van der Waals surface area (Å²) in [6.45, 7) is 2.50. The van der Waals surface area contributed by atoms with Gasteiger partial charge in [0.2, 0.25) is 0 Å². The number of carboxylic acid groups (broad SMARTS) is 1. The van der Waals surface area contributed by atoms with Crippen molar-refractivity contribution in [2.45, 2.75) is 154 Å². The van der Waals surface area contributed by atoms with Crippen molar-refractivity contribution < 1.29 is 20.1 Å². The van der Waals surface area contributed by atoms with E-state index in [1.165, 1.54) is 116 Å². The Kier molecular flexibility index (Phi) is 24.0. The maximum Gasteiger partial charge on any atom is 0.324 e. The molecule has 0 atom stereocenters. The normalized spacial score (nSPS) is 11.8. The summed E-state index contributed by atoms with van der Waals surface area (Å²) in [6, 6.07) is 0. The van der Waals surface area contributed by atoms with Crippen molar-refractivity contribution in [3.05, 3.63) is 0 Å². The molecule has 198 valence electrons. The lowest BCUT2D eigenvalue weighted by Crippen LogP contribution is -2.53. The van der Waals surface area contributed by atoms with E-state index in [2.05, 4.69) is 12.2 Å². The van der Waals surface area contributed by atoms with E-state index in [-0.39, 0.29) is 26.1 Å². The van der Waals surface area contributed by atoms with Gasteiger partial charge in [0.05, 0.1) is 0 Å². The average Bonchev–Trinajstić information content (AvgIpc) is 2.80. The quantitative estimate of drug-likeness (QED) is 0.0970. The van der Waals surface area contributed by atoms with Crippen LogP contribution in [0, 0.1) is 0 Å². The third kappa shape index (κ3) is 19.4. The lowest BCUT2D eigenvalue weighted by Gasteiger charge is -2.29. The smallest absolute Gasteiger partial charge is 0.324 e. The number of carbonyl (C=O) groups is 1. The van der Waals surface area contributed by atoms with Gasteiger partial charge in [-0.25, -0.2) is 0 Å². The van der Waals surface area contributed by atoms with Crippen LogP contribution in [0.15, 0.2) is 0 Å². The van der Waals surface area contributed by atoms with Crippen LogP contribution in [-0.2, 0) is 4.79 Å². The van der Waals surface area contributed by atoms with E-state index >= 15 is 0 Å². The number of hydrogen-bond donors (Lipinski definition) is 4. The fourth-order valence-corrected chi connectivity index (χ4v) is 4.68. The molecule has 0 fully saturated rings. The molecule has 0 aliphatic heterocycles. The average molecular weight is 472 g/mol. The van der Waals surface area contributed by atoms with Gasteiger partial charge in [-0.2, -0.15) is 0 Å². The number of unbranched alkanes of at least 4 members (excludes halogenated alkanes) is 19. The van der Waals surface area contributed by atoms with Crippen molar-refractivity contribution in [2.75, 3.05) is 19.8 Å². The summed E-state index contributed by atoms with van der Waals surface area (Å²) in [4.78, 5) is 11.6. The van der Waals surface area contributed by atoms with Crippen molar-refractivity contribution in [1.29, 1.82) is 0 Å². The first-order chi connectivity index (χ1) is 16.1. The van der Waals surface area contributed by atoms with Crippen LogP contribution in [-0.4, -0.2) is 46.6 Å². The molecule has 4 N–H and O–H groups in total. The van der Waals surface area contributed by atoms with Crippen molar-refractivity contribution >= 4 is 5.97 Å². The predicted molar refractivity (Wildman–Crippen MR) is 140 cm³/mol. The molecule has 0 aromatic rings. The van der Waals surface area contributed by atoms with Crippen LogP contribution in [0.1, 0.15) is 148 Å². The third-order valence-electron chi connectivity index (χ3n) is 6.98. The van der Waals surface area contributed by atoms with Crippen LogP contribution in [0.25, 0.3) is 0 Å². The molecular formula is C28H57NO4. The predicted octanol–water partition coefficient (Wildman–Crippen LogP) is 6.99. The Labute approximate surface area is 205 Å². The number of nitrogens with one attached hydrogen (secondary N) is 1. The van der Waals surface area contributed by atoms with Gasteiger partial charge in [0.1, 0.15) is 5.54 Å². The monoisotopic (exact) mass is 471 g/mol. The maximum absolute atomic E-state index is 11.6. The molecule has 0 aliphatic rings. The number of aliphatic hydroxyl groups is 2. The first kappa shape index (κ1) is 32.4. The summed E-state index contributed by atoms with van der Waals surface area (Å²) >= 11 is 0. The zero-order valence-electron chi connectivity index (χ0n) is 21.9. The second-order valence-electron chi connectivity index (χ2n) is 9.98. The second kappa shape index (κ2) is 24.5. The molecule has 0 bridgehead atoms. The van der Waals surface area contributed by atoms with Crippen LogP contribution in [0.2, 0.25) is 0 Å². The molecule has 0 saturated carbocycles. The van der Waals surface area contributed by atoms with Gasteiger partial charge in [-0.05, 0) is 25.8 Å². The van der Waals surface area contributed by atoms with Gasteiger partial charge in [0.15, 0.2) is 0 Å². The van der Waals surface area contributed by atoms with Gasteiger partial charge >= 0.3 is 5.97 Å². The van der Waals surface area contributed by atoms with E-state index in [4.69, 9.17) is 10.2 Å². The van der Waals surface area contributed by atoms with Crippen molar-refractivity contribution in [2.24, 2.45) is 0 Å². The summed E-state index contributed by atoms with van der Waals surface area (Å²) in [7, 11) is 0. The van der Waals surface area contributed by atoms with Crippen molar-refractivity contribution in [3.63, 3.8) is 0 Å². The Balaban J connectivity index is 3.37. The highest BCUT2D eigenvalue weighted by molar-refractivity contribution is 5.78. The molecule has 0 aromatic carbocycles. The topological polar surface area (TPSA) is 89.8 Å². The van der Waals surface area contributed by atoms with Crippen molar-refractivity contribution in [3.8, 4) is 0 Å². The molecule has 0 rings (SSSR count). The summed E-state index contributed by atoms with van der Waals surface area (Å²) in [6.07, 6.45) is 27.2. The lowest BCUT2D eigenvalue weighted by molar-refractivity contribution is -0.146. The number of aliphatic hydroxyl groups excluding tert-OH is 2. The largest absolute Gasteiger partial charge is 0.480 e. The Bertz CT molecular complexity index is 411. The fraction of sp³-hybridized carbons (Fsp3) is 0.964. The molecule has 0 unspecified atom stereocenters. The van der Waals surface area contributed by atoms with Gasteiger partial charge in [0, 0.05) is 13.2 Å². The van der Waals surface area contributed by atoms with E-state index in [1.54, 1.807) is 0 Å². The van der Waals surface area contributed by atoms with E-state index < -0.39 is 11.5 Å². The van der Waals surface area contributed by atoms with E-state index in [9.17, 15) is 9.90 Å². The highest BCUT2D eigenvalue weighted by atomic mass is 16.4. The first-order valence-corrected chi connectivity index (χ1v) is 14.3. The minimum Gasteiger partial charge on any atom is -0.480 e. The van der Waals surface area contributed by atoms with Crippen LogP contribution < -0.4 is 5.32 Å². The van der Waals surface area contributed by atoms with E-state index in [1.807, 2.05) is 0 Å². The first-order valence-electron chi connectivity index (χ1n) is 14.3. The zero-order chi connectivity index (χ0) is 24.5. The summed E-state index contributed by atoms with van der Waals surface area (Å²) in [5, 5.41) is 30.9. The van der Waals surface area contributed by atoms with E-state index in [0.29, 0.717) is 6.54 Å². The molecule has 0 saturated heterocycles. The minimum absolute atomic E-state index is 0.127. The Morgan fingerprint density at radius 1 is 0.576 bits per heavy atom. The van der Waals surface area contributed by atoms with Gasteiger partial charge in [-0.1, -0.05) is 129 Å². The second-order valence-corrected chi connectivity index (χ2v) is 9.98. The minimum atomic E-state index is -1.20. The van der Waals surface area contributed by atoms with Crippen LogP contribution in [0.4, 0.5) is 0 Å². The third-order valence-corrected chi connectivity index (χ3v) is 6.98. The molecule has 5 heteroatoms. The SMILES string of the molecule is CCCCCCCCCCCCCCCCCCCCCCNC(CCO)(CCO)C(=O)O. The molecular weight excluding hydrogens is 414 g/mol. The van der Waals surface area contributed by atoms with Gasteiger partial charge < -0.3 is 20.6 Å². The summed E-state index contributed by atoms with van der Waals surface area (Å²) in [5.74, 6) is -0.987. The fourth-order valence-electron chi connectivity index (χ4n) is 4.68. The Morgan fingerprint density at radius 2 is 0.879 bits per heavy atom. The Hall–Kier alpha value is -0.650. The highest BCUT2D eigenvalue weighted by Gasteiger charge is 2.36. The van der Waals surface area contributed by atoms with Gasteiger partial charge in [0.25, 0.3) is 0 Å². The number of rotatable bonds is 27. The molecule has 0 amide bonds. The molecule has 0 radical (unpaired) electrons. The van der Waals surface area contributed by atoms with Crippen LogP contribution in [0.5, 0.6) is 0 Å². The molecule has 5 nitrogen and oxygen atoms in total. The standard InChI is InChI=1S/C28H57NO4/c1-2-3-4-5-6-7-8-9-10-11-12-13-14-15-16-17-18-19-20-21-24-29-28(22-25-30,23-26-31)27(32)33/h29-31H,2-26H2,1H3,(H,32,33). The number of aliphatic carboxylic acids is 1. The van der Waals surface area contributed by atoms with Gasteiger partial charge in [-0.3, -0.25) is 4.79 Å². The van der Waals surface area contributed by atoms with Crippen LogP contribution in [0.3, 0.4) is 0 Å².